The summed E-state index contributed by atoms with van der Waals surface area (Å²) >= 11 is 0. The first-order valence-corrected chi connectivity index (χ1v) is 15.8. The lowest BCUT2D eigenvalue weighted by Gasteiger charge is -2.34. The largest absolute Gasteiger partial charge is 0.309 e. The predicted octanol–water partition coefficient (Wildman–Crippen LogP) is 10.7. The van der Waals surface area contributed by atoms with Crippen LogP contribution in [0.25, 0.3) is 49.7 Å². The first kappa shape index (κ1) is 24.7. The average Bonchev–Trinajstić information content (AvgIpc) is 3.75. The molecule has 0 radical (unpaired) electrons. The predicted molar refractivity (Wildman–Crippen MR) is 186 cm³/mol. The van der Waals surface area contributed by atoms with E-state index in [-0.39, 0.29) is 0 Å². The van der Waals surface area contributed by atoms with Crippen molar-refractivity contribution in [3.8, 4) is 27.9 Å². The summed E-state index contributed by atoms with van der Waals surface area (Å²) in [4.78, 5) is 0. The number of hydrogen-bond acceptors (Lipinski definition) is 0. The highest BCUT2D eigenvalue weighted by Crippen LogP contribution is 2.56. The smallest absolute Gasteiger partial charge is 0.0713 e. The Bertz CT molecular complexity index is 2400. The maximum Gasteiger partial charge on any atom is 0.0713 e. The normalized spacial score (nSPS) is 13.9. The van der Waals surface area contributed by atoms with Gasteiger partial charge < -0.3 is 4.57 Å². The van der Waals surface area contributed by atoms with Crippen LogP contribution in [-0.2, 0) is 11.8 Å². The number of para-hydroxylation sites is 1. The van der Waals surface area contributed by atoms with Gasteiger partial charge in [-0.2, -0.15) is 0 Å². The van der Waals surface area contributed by atoms with Gasteiger partial charge in [0.15, 0.2) is 0 Å². The summed E-state index contributed by atoms with van der Waals surface area (Å²) in [6, 6.07) is 60.9. The maximum absolute atomic E-state index is 2.50. The van der Waals surface area contributed by atoms with E-state index in [1.54, 1.807) is 0 Å². The van der Waals surface area contributed by atoms with E-state index in [2.05, 4.69) is 168 Å². The lowest BCUT2D eigenvalue weighted by molar-refractivity contribution is 0.770. The monoisotopic (exact) mass is 571 g/mol. The minimum atomic E-state index is -0.420. The van der Waals surface area contributed by atoms with E-state index in [0.29, 0.717) is 0 Å². The standard InChI is InChI=1S/C44H29N/c1-3-14-30(15-4-1)44(40-21-11-9-19-35(40)36-20-10-12-22-41(36)44)31-23-26-42-38(28-31)37-25-24-34-33-18-8-7-13-29(33)27-39(34)43(37)45(42)32-16-5-2-6-17-32/h1-26,28H,27H2. The fourth-order valence-corrected chi connectivity index (χ4v) is 8.53. The van der Waals surface area contributed by atoms with Crippen molar-refractivity contribution in [3.05, 3.63) is 197 Å². The summed E-state index contributed by atoms with van der Waals surface area (Å²) < 4.78 is 2.50. The topological polar surface area (TPSA) is 4.93 Å². The van der Waals surface area contributed by atoms with Crippen molar-refractivity contribution in [2.45, 2.75) is 11.8 Å². The maximum atomic E-state index is 2.50. The van der Waals surface area contributed by atoms with Crippen molar-refractivity contribution in [1.82, 2.24) is 4.57 Å². The number of hydrogen-bond donors (Lipinski definition) is 0. The number of aromatic nitrogens is 1. The van der Waals surface area contributed by atoms with Crippen LogP contribution in [0.1, 0.15) is 33.4 Å². The van der Waals surface area contributed by atoms with Gasteiger partial charge in [0, 0.05) is 22.9 Å². The van der Waals surface area contributed by atoms with Gasteiger partial charge in [-0.15, -0.1) is 0 Å². The van der Waals surface area contributed by atoms with Crippen LogP contribution in [0.4, 0.5) is 0 Å². The molecule has 210 valence electrons. The lowest BCUT2D eigenvalue weighted by Crippen LogP contribution is -2.28. The second-order valence-corrected chi connectivity index (χ2v) is 12.4. The number of nitrogens with zero attached hydrogens (tertiary/aromatic N) is 1. The molecule has 0 bridgehead atoms. The molecule has 1 heteroatoms. The lowest BCUT2D eigenvalue weighted by atomic mass is 9.67. The van der Waals surface area contributed by atoms with Crippen molar-refractivity contribution in [3.63, 3.8) is 0 Å². The first-order valence-electron chi connectivity index (χ1n) is 15.8. The molecule has 1 nitrogen and oxygen atoms in total. The molecule has 0 unspecified atom stereocenters. The molecule has 0 saturated carbocycles. The number of rotatable bonds is 3. The molecule has 1 heterocycles. The van der Waals surface area contributed by atoms with Crippen molar-refractivity contribution in [2.75, 3.05) is 0 Å². The Morgan fingerprint density at radius 2 is 1.07 bits per heavy atom. The van der Waals surface area contributed by atoms with E-state index >= 15 is 0 Å². The van der Waals surface area contributed by atoms with Gasteiger partial charge in [-0.05, 0) is 79.9 Å². The van der Waals surface area contributed by atoms with Gasteiger partial charge >= 0.3 is 0 Å². The van der Waals surface area contributed by atoms with Gasteiger partial charge in [-0.25, -0.2) is 0 Å². The van der Waals surface area contributed by atoms with Crippen molar-refractivity contribution in [2.24, 2.45) is 0 Å². The van der Waals surface area contributed by atoms with Crippen LogP contribution < -0.4 is 0 Å². The highest BCUT2D eigenvalue weighted by molar-refractivity contribution is 6.13. The Balaban J connectivity index is 1.33. The SMILES string of the molecule is c1ccc(-n2c3ccc(C4(c5ccccc5)c5ccccc5-c5ccccc54)cc3c3ccc4c(c32)Cc2ccccc2-4)cc1. The molecule has 0 atom stereocenters. The molecule has 0 amide bonds. The quantitative estimate of drug-likeness (QED) is 0.199. The van der Waals surface area contributed by atoms with Gasteiger partial charge in [-0.1, -0.05) is 140 Å². The van der Waals surface area contributed by atoms with Gasteiger partial charge in [0.25, 0.3) is 0 Å². The molecule has 0 N–H and O–H groups in total. The Morgan fingerprint density at radius 3 is 1.80 bits per heavy atom. The molecule has 2 aliphatic rings. The highest BCUT2D eigenvalue weighted by Gasteiger charge is 2.46. The van der Waals surface area contributed by atoms with Gasteiger partial charge in [0.05, 0.1) is 16.4 Å². The molecule has 7 aromatic carbocycles. The fraction of sp³-hybridized carbons (Fsp3) is 0.0455. The third kappa shape index (κ3) is 3.22. The van der Waals surface area contributed by atoms with Crippen LogP contribution in [0, 0.1) is 0 Å². The molecule has 0 fully saturated rings. The highest BCUT2D eigenvalue weighted by atomic mass is 15.0. The Kier molecular flexibility index (Phi) is 5.04. The van der Waals surface area contributed by atoms with Crippen molar-refractivity contribution >= 4 is 21.8 Å². The van der Waals surface area contributed by atoms with Crippen molar-refractivity contribution in [1.29, 1.82) is 0 Å². The van der Waals surface area contributed by atoms with Gasteiger partial charge in [-0.3, -0.25) is 0 Å². The van der Waals surface area contributed by atoms with Crippen LogP contribution >= 0.6 is 0 Å². The van der Waals surface area contributed by atoms with Crippen molar-refractivity contribution < 1.29 is 0 Å². The molecule has 1 aromatic heterocycles. The van der Waals surface area contributed by atoms with E-state index in [0.717, 1.165) is 6.42 Å². The van der Waals surface area contributed by atoms with Crippen LogP contribution in [0.15, 0.2) is 164 Å². The summed E-state index contributed by atoms with van der Waals surface area (Å²) in [7, 11) is 0. The Hall–Kier alpha value is -5.66. The fourth-order valence-electron chi connectivity index (χ4n) is 8.53. The zero-order chi connectivity index (χ0) is 29.5. The molecular formula is C44H29N. The van der Waals surface area contributed by atoms with Crippen LogP contribution in [0.2, 0.25) is 0 Å². The van der Waals surface area contributed by atoms with Crippen LogP contribution in [0.5, 0.6) is 0 Å². The van der Waals surface area contributed by atoms with E-state index in [9.17, 15) is 0 Å². The second kappa shape index (κ2) is 9.17. The Labute approximate surface area is 262 Å². The third-order valence-electron chi connectivity index (χ3n) is 10.3. The molecule has 10 rings (SSSR count). The summed E-state index contributed by atoms with van der Waals surface area (Å²) in [5.74, 6) is 0. The molecule has 8 aromatic rings. The molecule has 45 heavy (non-hydrogen) atoms. The summed E-state index contributed by atoms with van der Waals surface area (Å²) in [5.41, 5.74) is 16.8. The van der Waals surface area contributed by atoms with Crippen LogP contribution in [0.3, 0.4) is 0 Å². The Morgan fingerprint density at radius 1 is 0.444 bits per heavy atom. The molecule has 0 saturated heterocycles. The average molecular weight is 572 g/mol. The number of fused-ring (bicyclic) bond motifs is 10. The van der Waals surface area contributed by atoms with E-state index in [1.807, 2.05) is 0 Å². The second-order valence-electron chi connectivity index (χ2n) is 12.4. The zero-order valence-electron chi connectivity index (χ0n) is 24.7. The third-order valence-corrected chi connectivity index (χ3v) is 10.3. The number of benzene rings is 7. The summed E-state index contributed by atoms with van der Waals surface area (Å²) in [5, 5.41) is 2.60. The van der Waals surface area contributed by atoms with E-state index in [1.165, 1.54) is 83.1 Å². The van der Waals surface area contributed by atoms with Crippen LogP contribution in [-0.4, -0.2) is 4.57 Å². The minimum absolute atomic E-state index is 0.420. The molecule has 2 aliphatic carbocycles. The summed E-state index contributed by atoms with van der Waals surface area (Å²) in [6.07, 6.45) is 0.952. The first-order chi connectivity index (χ1) is 22.3. The van der Waals surface area contributed by atoms with Gasteiger partial charge in [0.2, 0.25) is 0 Å². The molecule has 0 spiro atoms. The molecular weight excluding hydrogens is 542 g/mol. The summed E-state index contributed by atoms with van der Waals surface area (Å²) in [6.45, 7) is 0. The minimum Gasteiger partial charge on any atom is -0.309 e. The molecule has 0 aliphatic heterocycles. The van der Waals surface area contributed by atoms with Gasteiger partial charge in [0.1, 0.15) is 0 Å². The van der Waals surface area contributed by atoms with E-state index in [4.69, 9.17) is 0 Å². The van der Waals surface area contributed by atoms with E-state index < -0.39 is 5.41 Å². The zero-order valence-corrected chi connectivity index (χ0v) is 24.7.